The smallest absolute Gasteiger partial charge is 0.260 e. The number of carbonyl (C=O) groups is 1. The number of rotatable bonds is 4. The molecule has 0 saturated carbocycles. The highest BCUT2D eigenvalue weighted by molar-refractivity contribution is 7.99. The van der Waals surface area contributed by atoms with Gasteiger partial charge in [0.25, 0.3) is 11.8 Å². The van der Waals surface area contributed by atoms with Crippen LogP contribution in [0.25, 0.3) is 0 Å². The quantitative estimate of drug-likeness (QED) is 0.627. The molecule has 0 fully saturated rings. The topological polar surface area (TPSA) is 67.4 Å². The maximum absolute atomic E-state index is 13.9. The second-order valence-electron chi connectivity index (χ2n) is 6.28. The van der Waals surface area contributed by atoms with Crippen LogP contribution in [0.15, 0.2) is 58.6 Å². The molecule has 1 aromatic heterocycles. The number of amides is 1. The van der Waals surface area contributed by atoms with E-state index in [9.17, 15) is 9.18 Å². The molecular weight excluding hydrogens is 403 g/mol. The summed E-state index contributed by atoms with van der Waals surface area (Å²) in [5.41, 5.74) is 1.88. The normalized spacial score (nSPS) is 12.2. The summed E-state index contributed by atoms with van der Waals surface area (Å²) in [7, 11) is 1.52. The number of carbonyl (C=O) groups excluding carboxylic acids is 1. The van der Waals surface area contributed by atoms with Crippen LogP contribution in [0.1, 0.15) is 17.3 Å². The van der Waals surface area contributed by atoms with Gasteiger partial charge in [0.2, 0.25) is 0 Å². The molecule has 0 atom stereocenters. The van der Waals surface area contributed by atoms with E-state index in [1.165, 1.54) is 37.1 Å². The minimum Gasteiger partial charge on any atom is -0.478 e. The molecule has 6 nitrogen and oxygen atoms in total. The van der Waals surface area contributed by atoms with Gasteiger partial charge in [-0.2, -0.15) is 0 Å². The molecule has 2 aromatic carbocycles. The minimum atomic E-state index is -0.393. The zero-order valence-corrected chi connectivity index (χ0v) is 17.1. The molecule has 8 heteroatoms. The average Bonchev–Trinajstić information content (AvgIpc) is 2.86. The maximum Gasteiger partial charge on any atom is 0.260 e. The van der Waals surface area contributed by atoms with Crippen molar-refractivity contribution in [1.29, 1.82) is 0 Å². The molecule has 3 aromatic rings. The molecule has 4 rings (SSSR count). The number of hydrogen-bond donors (Lipinski definition) is 1. The first-order valence-electron chi connectivity index (χ1n) is 9.05. The number of ether oxygens (including phenoxy) is 1. The van der Waals surface area contributed by atoms with E-state index in [1.807, 2.05) is 18.2 Å². The summed E-state index contributed by atoms with van der Waals surface area (Å²) in [4.78, 5) is 24.5. The van der Waals surface area contributed by atoms with Gasteiger partial charge in [0.05, 0.1) is 24.9 Å². The van der Waals surface area contributed by atoms with Gasteiger partial charge in [-0.1, -0.05) is 17.7 Å². The van der Waals surface area contributed by atoms with Gasteiger partial charge >= 0.3 is 0 Å². The molecule has 2 heterocycles. The fraction of sp³-hybridized carbons (Fsp3) is 0.136. The summed E-state index contributed by atoms with van der Waals surface area (Å²) in [5.74, 6) is 6.00. The fourth-order valence-corrected chi connectivity index (χ4v) is 4.18. The van der Waals surface area contributed by atoms with Crippen molar-refractivity contribution >= 4 is 34.9 Å². The zero-order chi connectivity index (χ0) is 21.1. The number of halogens is 1. The number of anilines is 3. The molecule has 0 unspecified atom stereocenters. The monoisotopic (exact) mass is 420 g/mol. The SMILES string of the molecule is CC#CCN1C(=O)c2ccc(F)cc2Sc2cc(Nc3nccnc3OC)ccc21. The van der Waals surface area contributed by atoms with Crippen molar-refractivity contribution in [2.75, 3.05) is 23.9 Å². The first-order chi connectivity index (χ1) is 14.6. The van der Waals surface area contributed by atoms with Gasteiger partial charge in [0, 0.05) is 27.9 Å². The van der Waals surface area contributed by atoms with Gasteiger partial charge in [-0.25, -0.2) is 14.4 Å². The van der Waals surface area contributed by atoms with Crippen molar-refractivity contribution in [2.45, 2.75) is 16.7 Å². The number of methoxy groups -OCH3 is 1. The molecule has 30 heavy (non-hydrogen) atoms. The standard InChI is InChI=1S/C22H17FN4O2S/c1-3-4-11-27-17-8-6-15(26-20-21(29-2)25-10-9-24-20)13-19(17)30-18-12-14(23)5-7-16(18)22(27)28/h5-10,12-13H,11H2,1-2H3,(H,24,26). The summed E-state index contributed by atoms with van der Waals surface area (Å²) in [6, 6.07) is 9.75. The Balaban J connectivity index is 1.78. The van der Waals surface area contributed by atoms with E-state index >= 15 is 0 Å². The lowest BCUT2D eigenvalue weighted by Crippen LogP contribution is -2.31. The van der Waals surface area contributed by atoms with Crippen LogP contribution < -0.4 is 15.0 Å². The van der Waals surface area contributed by atoms with Crippen molar-refractivity contribution in [1.82, 2.24) is 9.97 Å². The number of nitrogens with one attached hydrogen (secondary N) is 1. The molecule has 0 aliphatic carbocycles. The van der Waals surface area contributed by atoms with Gasteiger partial charge in [0.15, 0.2) is 5.82 Å². The Labute approximate surface area is 177 Å². The summed E-state index contributed by atoms with van der Waals surface area (Å²) >= 11 is 1.34. The third-order valence-corrected chi connectivity index (χ3v) is 5.53. The van der Waals surface area contributed by atoms with Crippen LogP contribution in [0.4, 0.5) is 21.6 Å². The third kappa shape index (κ3) is 3.80. The van der Waals surface area contributed by atoms with Crippen LogP contribution >= 0.6 is 11.8 Å². The molecule has 0 radical (unpaired) electrons. The fourth-order valence-electron chi connectivity index (χ4n) is 3.04. The van der Waals surface area contributed by atoms with E-state index in [4.69, 9.17) is 4.74 Å². The van der Waals surface area contributed by atoms with Crippen LogP contribution in [0.3, 0.4) is 0 Å². The Hall–Kier alpha value is -3.57. The molecule has 1 aliphatic heterocycles. The summed E-state index contributed by atoms with van der Waals surface area (Å²) in [6.07, 6.45) is 3.10. The molecule has 1 N–H and O–H groups in total. The lowest BCUT2D eigenvalue weighted by atomic mass is 10.1. The Kier molecular flexibility index (Phi) is 5.55. The molecule has 1 aliphatic rings. The Morgan fingerprint density at radius 2 is 2.00 bits per heavy atom. The third-order valence-electron chi connectivity index (χ3n) is 4.42. The van der Waals surface area contributed by atoms with Crippen LogP contribution in [0.5, 0.6) is 5.88 Å². The number of aromatic nitrogens is 2. The number of hydrogen-bond acceptors (Lipinski definition) is 6. The van der Waals surface area contributed by atoms with E-state index in [1.54, 1.807) is 24.2 Å². The highest BCUT2D eigenvalue weighted by Crippen LogP contribution is 2.43. The Bertz CT molecular complexity index is 1190. The highest BCUT2D eigenvalue weighted by Gasteiger charge is 2.27. The van der Waals surface area contributed by atoms with E-state index in [0.29, 0.717) is 27.8 Å². The highest BCUT2D eigenvalue weighted by atomic mass is 32.2. The predicted molar refractivity (Wildman–Crippen MR) is 114 cm³/mol. The van der Waals surface area contributed by atoms with Gasteiger partial charge in [-0.15, -0.1) is 5.92 Å². The summed E-state index contributed by atoms with van der Waals surface area (Å²) < 4.78 is 19.1. The van der Waals surface area contributed by atoms with E-state index in [0.717, 1.165) is 10.6 Å². The van der Waals surface area contributed by atoms with Crippen LogP contribution in [-0.2, 0) is 0 Å². The van der Waals surface area contributed by atoms with Gasteiger partial charge < -0.3 is 10.1 Å². The van der Waals surface area contributed by atoms with Crippen LogP contribution in [0, 0.1) is 17.7 Å². The van der Waals surface area contributed by atoms with Crippen molar-refractivity contribution in [2.24, 2.45) is 0 Å². The molecule has 0 spiro atoms. The second kappa shape index (κ2) is 8.43. The molecule has 0 saturated heterocycles. The zero-order valence-electron chi connectivity index (χ0n) is 16.3. The molecular formula is C22H17FN4O2S. The van der Waals surface area contributed by atoms with Gasteiger partial charge in [-0.3, -0.25) is 9.69 Å². The lowest BCUT2D eigenvalue weighted by molar-refractivity contribution is 0.0987. The number of fused-ring (bicyclic) bond motifs is 2. The minimum absolute atomic E-state index is 0.213. The van der Waals surface area contributed by atoms with Crippen molar-refractivity contribution in [3.63, 3.8) is 0 Å². The molecule has 1 amide bonds. The van der Waals surface area contributed by atoms with Gasteiger partial charge in [0.1, 0.15) is 5.82 Å². The van der Waals surface area contributed by atoms with E-state index in [2.05, 4.69) is 27.1 Å². The summed E-state index contributed by atoms with van der Waals surface area (Å²) in [5, 5.41) is 3.18. The average molecular weight is 420 g/mol. The lowest BCUT2D eigenvalue weighted by Gasteiger charge is -2.21. The Morgan fingerprint density at radius 3 is 2.80 bits per heavy atom. The second-order valence-corrected chi connectivity index (χ2v) is 7.37. The Morgan fingerprint density at radius 1 is 1.17 bits per heavy atom. The van der Waals surface area contributed by atoms with Crippen LogP contribution in [-0.4, -0.2) is 29.5 Å². The van der Waals surface area contributed by atoms with E-state index in [-0.39, 0.29) is 12.5 Å². The first kappa shape index (κ1) is 19.7. The van der Waals surface area contributed by atoms with Crippen molar-refractivity contribution < 1.29 is 13.9 Å². The molecule has 150 valence electrons. The van der Waals surface area contributed by atoms with Crippen LogP contribution in [0.2, 0.25) is 0 Å². The number of nitrogens with zero attached hydrogens (tertiary/aromatic N) is 3. The first-order valence-corrected chi connectivity index (χ1v) is 9.87. The molecule has 0 bridgehead atoms. The maximum atomic E-state index is 13.9. The predicted octanol–water partition coefficient (Wildman–Crippen LogP) is 4.50. The summed E-state index contributed by atoms with van der Waals surface area (Å²) in [6.45, 7) is 1.97. The van der Waals surface area contributed by atoms with Crippen molar-refractivity contribution in [3.05, 3.63) is 60.2 Å². The van der Waals surface area contributed by atoms with E-state index < -0.39 is 5.82 Å². The van der Waals surface area contributed by atoms with Gasteiger partial charge in [-0.05, 0) is 43.3 Å². The number of benzene rings is 2. The van der Waals surface area contributed by atoms with Crippen molar-refractivity contribution in [3.8, 4) is 17.7 Å². The largest absolute Gasteiger partial charge is 0.478 e.